The lowest BCUT2D eigenvalue weighted by molar-refractivity contribution is -0.130. The molecular formula is C14H16FNO2S. The highest BCUT2D eigenvalue weighted by molar-refractivity contribution is 8.03. The predicted molar refractivity (Wildman–Crippen MR) is 71.9 cm³/mol. The molecule has 1 heterocycles. The van der Waals surface area contributed by atoms with Crippen LogP contribution in [0.15, 0.2) is 24.3 Å². The van der Waals surface area contributed by atoms with Gasteiger partial charge in [0.05, 0.1) is 17.8 Å². The molecule has 0 saturated carbocycles. The summed E-state index contributed by atoms with van der Waals surface area (Å²) in [7, 11) is 0. The van der Waals surface area contributed by atoms with E-state index in [1.807, 2.05) is 5.40 Å². The summed E-state index contributed by atoms with van der Waals surface area (Å²) in [4.78, 5) is 0. The van der Waals surface area contributed by atoms with Crippen LogP contribution in [-0.2, 0) is 4.74 Å². The molecule has 3 nitrogen and oxygen atoms in total. The summed E-state index contributed by atoms with van der Waals surface area (Å²) < 4.78 is 18.8. The molecule has 102 valence electrons. The van der Waals surface area contributed by atoms with Gasteiger partial charge in [-0.05, 0) is 36.4 Å². The molecule has 0 bridgehead atoms. The van der Waals surface area contributed by atoms with Crippen molar-refractivity contribution < 1.29 is 14.2 Å². The molecule has 0 unspecified atom stereocenters. The van der Waals surface area contributed by atoms with Crippen LogP contribution in [0.25, 0.3) is 0 Å². The van der Waals surface area contributed by atoms with Gasteiger partial charge in [0, 0.05) is 18.6 Å². The van der Waals surface area contributed by atoms with E-state index in [1.54, 1.807) is 19.1 Å². The minimum Gasteiger partial charge on any atom is -0.390 e. The molecule has 5 heteroatoms. The molecule has 0 amide bonds. The largest absolute Gasteiger partial charge is 0.390 e. The van der Waals surface area contributed by atoms with Gasteiger partial charge in [-0.2, -0.15) is 5.26 Å². The van der Waals surface area contributed by atoms with Crippen LogP contribution in [0.1, 0.15) is 31.4 Å². The zero-order valence-electron chi connectivity index (χ0n) is 10.7. The lowest BCUT2D eigenvalue weighted by atomic mass is 9.86. The van der Waals surface area contributed by atoms with Crippen molar-refractivity contribution in [2.75, 3.05) is 5.75 Å². The van der Waals surface area contributed by atoms with Crippen molar-refractivity contribution in [3.8, 4) is 5.40 Å². The lowest BCUT2D eigenvalue weighted by Gasteiger charge is -2.39. The number of benzene rings is 1. The van der Waals surface area contributed by atoms with Gasteiger partial charge in [0.2, 0.25) is 0 Å². The topological polar surface area (TPSA) is 53.2 Å². The molecule has 3 atom stereocenters. The molecule has 1 aliphatic heterocycles. The molecule has 1 saturated heterocycles. The maximum atomic E-state index is 12.9. The SMILES string of the molecule is C[C@]1(O)C[C@H](CSC#N)O[C@@H](c2ccc(F)cc2)C1. The molecule has 1 fully saturated rings. The summed E-state index contributed by atoms with van der Waals surface area (Å²) in [6.07, 6.45) is 0.572. The third kappa shape index (κ3) is 3.93. The predicted octanol–water partition coefficient (Wildman–Crippen LogP) is 3.01. The number of nitrogens with zero attached hydrogens (tertiary/aromatic N) is 1. The third-order valence-electron chi connectivity index (χ3n) is 3.22. The highest BCUT2D eigenvalue weighted by Crippen LogP contribution is 2.38. The number of nitriles is 1. The second-order valence-corrected chi connectivity index (χ2v) is 5.91. The average Bonchev–Trinajstić information content (AvgIpc) is 2.35. The number of hydrogen-bond acceptors (Lipinski definition) is 4. The van der Waals surface area contributed by atoms with Crippen LogP contribution in [0.2, 0.25) is 0 Å². The van der Waals surface area contributed by atoms with Gasteiger partial charge in [-0.25, -0.2) is 4.39 Å². The van der Waals surface area contributed by atoms with Crippen LogP contribution in [0.3, 0.4) is 0 Å². The number of halogens is 1. The van der Waals surface area contributed by atoms with Crippen molar-refractivity contribution in [1.82, 2.24) is 0 Å². The van der Waals surface area contributed by atoms with Crippen LogP contribution < -0.4 is 0 Å². The van der Waals surface area contributed by atoms with Gasteiger partial charge in [0.15, 0.2) is 0 Å². The first-order valence-corrected chi connectivity index (χ1v) is 7.13. The van der Waals surface area contributed by atoms with Crippen LogP contribution in [-0.4, -0.2) is 22.6 Å². The normalized spacial score (nSPS) is 30.8. The quantitative estimate of drug-likeness (QED) is 0.865. The Kier molecular flexibility index (Phi) is 4.46. The average molecular weight is 281 g/mol. The number of thiocyanates is 1. The number of hydrogen-bond donors (Lipinski definition) is 1. The summed E-state index contributed by atoms with van der Waals surface area (Å²) in [5.41, 5.74) is 0.0335. The summed E-state index contributed by atoms with van der Waals surface area (Å²) in [6, 6.07) is 6.13. The zero-order valence-corrected chi connectivity index (χ0v) is 11.5. The highest BCUT2D eigenvalue weighted by atomic mass is 32.2. The maximum absolute atomic E-state index is 12.9. The van der Waals surface area contributed by atoms with Crippen molar-refractivity contribution in [1.29, 1.82) is 5.26 Å². The smallest absolute Gasteiger partial charge is 0.133 e. The zero-order chi connectivity index (χ0) is 13.9. The van der Waals surface area contributed by atoms with Gasteiger partial charge in [-0.1, -0.05) is 12.1 Å². The molecular weight excluding hydrogens is 265 g/mol. The van der Waals surface area contributed by atoms with Crippen molar-refractivity contribution in [2.24, 2.45) is 0 Å². The van der Waals surface area contributed by atoms with E-state index in [4.69, 9.17) is 10.00 Å². The Balaban J connectivity index is 2.11. The Hall–Kier alpha value is -1.09. The molecule has 1 N–H and O–H groups in total. The summed E-state index contributed by atoms with van der Waals surface area (Å²) in [5, 5.41) is 20.9. The van der Waals surface area contributed by atoms with E-state index < -0.39 is 5.60 Å². The maximum Gasteiger partial charge on any atom is 0.133 e. The minimum absolute atomic E-state index is 0.163. The Labute approximate surface area is 116 Å². The van der Waals surface area contributed by atoms with Gasteiger partial charge in [-0.15, -0.1) is 0 Å². The number of thioether (sulfide) groups is 1. The van der Waals surface area contributed by atoms with Gasteiger partial charge in [0.25, 0.3) is 0 Å². The van der Waals surface area contributed by atoms with E-state index >= 15 is 0 Å². The van der Waals surface area contributed by atoms with E-state index in [0.717, 1.165) is 17.3 Å². The molecule has 0 aromatic heterocycles. The summed E-state index contributed by atoms with van der Waals surface area (Å²) in [5.74, 6) is 0.243. The number of rotatable bonds is 3. The Morgan fingerprint density at radius 3 is 2.79 bits per heavy atom. The molecule has 2 rings (SSSR count). The van der Waals surface area contributed by atoms with Crippen molar-refractivity contribution in [2.45, 2.75) is 37.6 Å². The van der Waals surface area contributed by atoms with Crippen molar-refractivity contribution >= 4 is 11.8 Å². The number of aliphatic hydroxyl groups is 1. The molecule has 1 aromatic rings. The molecule has 0 radical (unpaired) electrons. The van der Waals surface area contributed by atoms with Gasteiger partial charge in [-0.3, -0.25) is 0 Å². The van der Waals surface area contributed by atoms with E-state index in [-0.39, 0.29) is 18.0 Å². The van der Waals surface area contributed by atoms with E-state index in [9.17, 15) is 9.50 Å². The third-order valence-corrected chi connectivity index (χ3v) is 3.89. The highest BCUT2D eigenvalue weighted by Gasteiger charge is 2.37. The second kappa shape index (κ2) is 5.91. The fraction of sp³-hybridized carbons (Fsp3) is 0.500. The fourth-order valence-corrected chi connectivity index (χ4v) is 2.86. The van der Waals surface area contributed by atoms with Crippen LogP contribution in [0.5, 0.6) is 0 Å². The summed E-state index contributed by atoms with van der Waals surface area (Å²) >= 11 is 1.12. The van der Waals surface area contributed by atoms with Crippen LogP contribution >= 0.6 is 11.8 Å². The Morgan fingerprint density at radius 2 is 2.16 bits per heavy atom. The first kappa shape index (κ1) is 14.3. The molecule has 1 aliphatic rings. The standard InChI is InChI=1S/C14H16FNO2S/c1-14(17)6-12(8-19-9-16)18-13(7-14)10-2-4-11(15)5-3-10/h2-5,12-13,17H,6-8H2,1H3/t12-,13-,14+/m1/s1. The monoisotopic (exact) mass is 281 g/mol. The second-order valence-electron chi connectivity index (χ2n) is 5.11. The Morgan fingerprint density at radius 1 is 1.47 bits per heavy atom. The molecule has 19 heavy (non-hydrogen) atoms. The molecule has 0 aliphatic carbocycles. The van der Waals surface area contributed by atoms with Gasteiger partial charge >= 0.3 is 0 Å². The molecule has 1 aromatic carbocycles. The van der Waals surface area contributed by atoms with Crippen LogP contribution in [0.4, 0.5) is 4.39 Å². The van der Waals surface area contributed by atoms with Gasteiger partial charge < -0.3 is 9.84 Å². The van der Waals surface area contributed by atoms with E-state index in [2.05, 4.69) is 0 Å². The lowest BCUT2D eigenvalue weighted by Crippen LogP contribution is -2.40. The fourth-order valence-electron chi connectivity index (χ4n) is 2.40. The minimum atomic E-state index is -0.821. The first-order valence-electron chi connectivity index (χ1n) is 6.14. The molecule has 0 spiro atoms. The number of ether oxygens (including phenoxy) is 1. The van der Waals surface area contributed by atoms with Crippen molar-refractivity contribution in [3.63, 3.8) is 0 Å². The Bertz CT molecular complexity index is 469. The van der Waals surface area contributed by atoms with Crippen LogP contribution in [0, 0.1) is 16.5 Å². The van der Waals surface area contributed by atoms with E-state index in [0.29, 0.717) is 18.6 Å². The summed E-state index contributed by atoms with van der Waals surface area (Å²) in [6.45, 7) is 1.77. The van der Waals surface area contributed by atoms with E-state index in [1.165, 1.54) is 12.1 Å². The van der Waals surface area contributed by atoms with Gasteiger partial charge in [0.1, 0.15) is 11.2 Å². The van der Waals surface area contributed by atoms with Crippen molar-refractivity contribution in [3.05, 3.63) is 35.6 Å². The first-order chi connectivity index (χ1) is 9.00.